The number of nitrogens with one attached hydrogen (secondary N) is 3. The smallest absolute Gasteiger partial charge is 0.323 e. The summed E-state index contributed by atoms with van der Waals surface area (Å²) in [5, 5.41) is 8.75. The highest BCUT2D eigenvalue weighted by Crippen LogP contribution is 2.28. The summed E-state index contributed by atoms with van der Waals surface area (Å²) in [6, 6.07) is 20.3. The Balaban J connectivity index is 1.50. The van der Waals surface area contributed by atoms with E-state index < -0.39 is 0 Å². The first kappa shape index (κ1) is 25.1. The number of hydrogen-bond donors (Lipinski definition) is 3. The summed E-state index contributed by atoms with van der Waals surface area (Å²) < 4.78 is 10.7. The van der Waals surface area contributed by atoms with E-state index in [9.17, 15) is 9.59 Å². The number of morpholine rings is 1. The number of carbonyl (C=O) groups is 2. The second kappa shape index (κ2) is 12.1. The molecule has 3 aromatic carbocycles. The van der Waals surface area contributed by atoms with E-state index >= 15 is 0 Å². The molecule has 0 bridgehead atoms. The van der Waals surface area contributed by atoms with Crippen LogP contribution in [0.15, 0.2) is 66.7 Å². The van der Waals surface area contributed by atoms with Crippen molar-refractivity contribution in [2.45, 2.75) is 19.9 Å². The Kier molecular flexibility index (Phi) is 8.41. The predicted molar refractivity (Wildman–Crippen MR) is 142 cm³/mol. The van der Waals surface area contributed by atoms with Crippen LogP contribution in [-0.2, 0) is 17.7 Å². The lowest BCUT2D eigenvalue weighted by atomic mass is 10.1. The molecular formula is C28H32N4O4. The molecule has 0 unspecified atom stereocenters. The van der Waals surface area contributed by atoms with Gasteiger partial charge < -0.3 is 30.3 Å². The van der Waals surface area contributed by atoms with Crippen molar-refractivity contribution in [2.24, 2.45) is 0 Å². The molecule has 0 aromatic heterocycles. The SMILES string of the molecule is CCc1ccc(NC(=O)Nc2cc(C(=O)NCc3cccc(OC)c3)ccc2N2CCOCC2)cc1. The molecular weight excluding hydrogens is 456 g/mol. The van der Waals surface area contributed by atoms with Crippen molar-refractivity contribution in [1.29, 1.82) is 0 Å². The van der Waals surface area contributed by atoms with Gasteiger partial charge in [0.25, 0.3) is 5.91 Å². The molecule has 4 rings (SSSR count). The molecule has 8 heteroatoms. The van der Waals surface area contributed by atoms with Crippen LogP contribution in [0.5, 0.6) is 5.75 Å². The minimum Gasteiger partial charge on any atom is -0.497 e. The van der Waals surface area contributed by atoms with Gasteiger partial charge in [0.15, 0.2) is 0 Å². The van der Waals surface area contributed by atoms with Gasteiger partial charge in [-0.05, 0) is 60.0 Å². The quantitative estimate of drug-likeness (QED) is 0.429. The Morgan fingerprint density at radius 1 is 0.944 bits per heavy atom. The van der Waals surface area contributed by atoms with E-state index in [2.05, 4.69) is 27.8 Å². The van der Waals surface area contributed by atoms with Crippen LogP contribution in [0, 0.1) is 0 Å². The fourth-order valence-electron chi connectivity index (χ4n) is 4.03. The highest BCUT2D eigenvalue weighted by atomic mass is 16.5. The number of benzene rings is 3. The fraction of sp³-hybridized carbons (Fsp3) is 0.286. The van der Waals surface area contributed by atoms with Crippen LogP contribution in [0.2, 0.25) is 0 Å². The van der Waals surface area contributed by atoms with Gasteiger partial charge in [0.05, 0.1) is 31.7 Å². The molecule has 0 atom stereocenters. The molecule has 188 valence electrons. The number of ether oxygens (including phenoxy) is 2. The minimum absolute atomic E-state index is 0.232. The fourth-order valence-corrected chi connectivity index (χ4v) is 4.03. The van der Waals surface area contributed by atoms with Crippen molar-refractivity contribution < 1.29 is 19.1 Å². The maximum atomic E-state index is 12.9. The van der Waals surface area contributed by atoms with Crippen molar-refractivity contribution in [3.05, 3.63) is 83.4 Å². The molecule has 1 aliphatic heterocycles. The molecule has 0 aliphatic carbocycles. The van der Waals surface area contributed by atoms with E-state index in [1.165, 1.54) is 5.56 Å². The Morgan fingerprint density at radius 2 is 1.72 bits per heavy atom. The molecule has 3 aromatic rings. The van der Waals surface area contributed by atoms with Gasteiger partial charge in [-0.3, -0.25) is 4.79 Å². The van der Waals surface area contributed by atoms with Gasteiger partial charge in [0.2, 0.25) is 0 Å². The highest BCUT2D eigenvalue weighted by Gasteiger charge is 2.18. The van der Waals surface area contributed by atoms with Crippen LogP contribution in [0.4, 0.5) is 21.9 Å². The highest BCUT2D eigenvalue weighted by molar-refractivity contribution is 6.04. The minimum atomic E-state index is -0.373. The predicted octanol–water partition coefficient (Wildman–Crippen LogP) is 4.67. The van der Waals surface area contributed by atoms with Crippen molar-refractivity contribution >= 4 is 29.0 Å². The molecule has 3 amide bonds. The van der Waals surface area contributed by atoms with Gasteiger partial charge in [-0.1, -0.05) is 31.2 Å². The number of amides is 3. The van der Waals surface area contributed by atoms with E-state index in [0.29, 0.717) is 49.8 Å². The molecule has 3 N–H and O–H groups in total. The molecule has 8 nitrogen and oxygen atoms in total. The number of carbonyl (C=O) groups excluding carboxylic acids is 2. The lowest BCUT2D eigenvalue weighted by molar-refractivity contribution is 0.0950. The summed E-state index contributed by atoms with van der Waals surface area (Å²) in [5.74, 6) is 0.503. The average Bonchev–Trinajstić information content (AvgIpc) is 2.92. The Labute approximate surface area is 211 Å². The standard InChI is InChI=1S/C28H32N4O4/c1-3-20-7-10-23(11-8-20)30-28(34)31-25-18-22(9-12-26(25)32-13-15-36-16-14-32)27(33)29-19-21-5-4-6-24(17-21)35-2/h4-12,17-18H,3,13-16,19H2,1-2H3,(H,29,33)(H2,30,31,34). The monoisotopic (exact) mass is 488 g/mol. The number of aryl methyl sites for hydroxylation is 1. The van der Waals surface area contributed by atoms with E-state index in [1.54, 1.807) is 19.2 Å². The summed E-state index contributed by atoms with van der Waals surface area (Å²) >= 11 is 0. The first-order valence-corrected chi connectivity index (χ1v) is 12.1. The van der Waals surface area contributed by atoms with Crippen LogP contribution in [0.3, 0.4) is 0 Å². The maximum absolute atomic E-state index is 12.9. The summed E-state index contributed by atoms with van der Waals surface area (Å²) in [5.41, 5.74) is 4.69. The summed E-state index contributed by atoms with van der Waals surface area (Å²) in [6.07, 6.45) is 0.933. The summed E-state index contributed by atoms with van der Waals surface area (Å²) in [7, 11) is 1.61. The number of urea groups is 1. The molecule has 1 aliphatic rings. The molecule has 1 saturated heterocycles. The van der Waals surface area contributed by atoms with Crippen molar-refractivity contribution in [3.63, 3.8) is 0 Å². The zero-order chi connectivity index (χ0) is 25.3. The zero-order valence-corrected chi connectivity index (χ0v) is 20.7. The van der Waals surface area contributed by atoms with Gasteiger partial charge >= 0.3 is 6.03 Å². The largest absolute Gasteiger partial charge is 0.497 e. The first-order chi connectivity index (χ1) is 17.6. The van der Waals surface area contributed by atoms with Crippen LogP contribution in [-0.4, -0.2) is 45.4 Å². The summed E-state index contributed by atoms with van der Waals surface area (Å²) in [4.78, 5) is 27.9. The van der Waals surface area contributed by atoms with Crippen LogP contribution in [0.1, 0.15) is 28.4 Å². The number of hydrogen-bond acceptors (Lipinski definition) is 5. The van der Waals surface area contributed by atoms with Crippen molar-refractivity contribution in [1.82, 2.24) is 5.32 Å². The van der Waals surface area contributed by atoms with Crippen molar-refractivity contribution in [2.75, 3.05) is 48.9 Å². The number of nitrogens with zero attached hydrogens (tertiary/aromatic N) is 1. The number of anilines is 3. The molecule has 0 spiro atoms. The zero-order valence-electron chi connectivity index (χ0n) is 20.7. The van der Waals surface area contributed by atoms with Crippen molar-refractivity contribution in [3.8, 4) is 5.75 Å². The Bertz CT molecular complexity index is 1190. The summed E-state index contributed by atoms with van der Waals surface area (Å²) in [6.45, 7) is 5.07. The third-order valence-electron chi connectivity index (χ3n) is 6.07. The second-order valence-corrected chi connectivity index (χ2v) is 8.50. The van der Waals surface area contributed by atoms with Gasteiger partial charge in [0, 0.05) is 30.9 Å². The normalized spacial score (nSPS) is 13.1. The lowest BCUT2D eigenvalue weighted by Crippen LogP contribution is -2.37. The van der Waals surface area contributed by atoms with E-state index in [4.69, 9.17) is 9.47 Å². The molecule has 1 heterocycles. The third-order valence-corrected chi connectivity index (χ3v) is 6.07. The van der Waals surface area contributed by atoms with Gasteiger partial charge in [-0.15, -0.1) is 0 Å². The average molecular weight is 489 g/mol. The Morgan fingerprint density at radius 3 is 2.44 bits per heavy atom. The molecule has 0 radical (unpaired) electrons. The van der Waals surface area contributed by atoms with Gasteiger partial charge in [-0.2, -0.15) is 0 Å². The number of rotatable bonds is 8. The first-order valence-electron chi connectivity index (χ1n) is 12.1. The lowest BCUT2D eigenvalue weighted by Gasteiger charge is -2.30. The molecule has 1 fully saturated rings. The second-order valence-electron chi connectivity index (χ2n) is 8.50. The molecule has 0 saturated carbocycles. The Hall–Kier alpha value is -4.04. The van der Waals surface area contributed by atoms with E-state index in [1.807, 2.05) is 54.6 Å². The van der Waals surface area contributed by atoms with E-state index in [-0.39, 0.29) is 11.9 Å². The van der Waals surface area contributed by atoms with Crippen LogP contribution >= 0.6 is 0 Å². The third kappa shape index (κ3) is 6.55. The van der Waals surface area contributed by atoms with Gasteiger partial charge in [-0.25, -0.2) is 4.79 Å². The van der Waals surface area contributed by atoms with Crippen LogP contribution < -0.4 is 25.6 Å². The van der Waals surface area contributed by atoms with Crippen LogP contribution in [0.25, 0.3) is 0 Å². The van der Waals surface area contributed by atoms with Gasteiger partial charge in [0.1, 0.15) is 5.75 Å². The molecule has 36 heavy (non-hydrogen) atoms. The number of methoxy groups -OCH3 is 1. The maximum Gasteiger partial charge on any atom is 0.323 e. The topological polar surface area (TPSA) is 91.9 Å². The van der Waals surface area contributed by atoms with E-state index in [0.717, 1.165) is 23.4 Å².